The highest BCUT2D eigenvalue weighted by atomic mass is 16.5. The molecular weight excluding hydrogens is 274 g/mol. The molecule has 0 aliphatic rings. The zero-order valence-corrected chi connectivity index (χ0v) is 12.1. The molecule has 0 aliphatic carbocycles. The van der Waals surface area contributed by atoms with Crippen LogP contribution in [0.15, 0.2) is 16.9 Å². The van der Waals surface area contributed by atoms with Crippen LogP contribution in [0.1, 0.15) is 28.7 Å². The molecule has 2 amide bonds. The largest absolute Gasteiger partial charge is 0.361 e. The number of nitrogens with zero attached hydrogens (tertiary/aromatic N) is 3. The minimum Gasteiger partial charge on any atom is -0.361 e. The molecule has 0 fully saturated rings. The number of likely N-dealkylation sites (N-methyl/N-ethyl adjacent to an activating group) is 1. The highest BCUT2D eigenvalue weighted by Gasteiger charge is 2.19. The van der Waals surface area contributed by atoms with Crippen molar-refractivity contribution in [3.8, 4) is 0 Å². The minimum absolute atomic E-state index is 0.0961. The SMILES string of the molecule is CCc1noc(C)c1C(=O)Nc1cnn(CC(=O)NC)c1. The Balaban J connectivity index is 2.09. The predicted octanol–water partition coefficient (Wildman–Crippen LogP) is 0.740. The second-order valence-corrected chi connectivity index (χ2v) is 4.47. The van der Waals surface area contributed by atoms with Crippen LogP contribution < -0.4 is 10.6 Å². The van der Waals surface area contributed by atoms with Crippen LogP contribution in [-0.4, -0.2) is 33.8 Å². The summed E-state index contributed by atoms with van der Waals surface area (Å²) in [5.41, 5.74) is 1.56. The van der Waals surface area contributed by atoms with Crippen LogP contribution in [0.25, 0.3) is 0 Å². The molecule has 0 aromatic carbocycles. The minimum atomic E-state index is -0.301. The van der Waals surface area contributed by atoms with Crippen molar-refractivity contribution in [2.45, 2.75) is 26.8 Å². The van der Waals surface area contributed by atoms with Gasteiger partial charge in [0.1, 0.15) is 17.9 Å². The van der Waals surface area contributed by atoms with E-state index in [0.717, 1.165) is 0 Å². The van der Waals surface area contributed by atoms with Crippen LogP contribution in [0.5, 0.6) is 0 Å². The molecule has 2 N–H and O–H groups in total. The summed E-state index contributed by atoms with van der Waals surface area (Å²) in [6, 6.07) is 0. The second kappa shape index (κ2) is 6.21. The number of carbonyl (C=O) groups is 2. The van der Waals surface area contributed by atoms with Gasteiger partial charge in [0.25, 0.3) is 5.91 Å². The highest BCUT2D eigenvalue weighted by Crippen LogP contribution is 2.16. The number of anilines is 1. The Bertz CT molecular complexity index is 659. The summed E-state index contributed by atoms with van der Waals surface area (Å²) in [6.45, 7) is 3.68. The first-order valence-electron chi connectivity index (χ1n) is 6.54. The molecule has 112 valence electrons. The predicted molar refractivity (Wildman–Crippen MR) is 74.9 cm³/mol. The Kier molecular flexibility index (Phi) is 4.36. The fourth-order valence-electron chi connectivity index (χ4n) is 1.88. The summed E-state index contributed by atoms with van der Waals surface area (Å²) >= 11 is 0. The first kappa shape index (κ1) is 14.8. The lowest BCUT2D eigenvalue weighted by Gasteiger charge is -2.02. The number of aromatic nitrogens is 3. The van der Waals surface area contributed by atoms with Crippen LogP contribution >= 0.6 is 0 Å². The molecule has 0 aliphatic heterocycles. The summed E-state index contributed by atoms with van der Waals surface area (Å²) in [7, 11) is 1.55. The third kappa shape index (κ3) is 3.28. The van der Waals surface area contributed by atoms with E-state index in [1.807, 2.05) is 6.92 Å². The number of hydrogen-bond donors (Lipinski definition) is 2. The first-order chi connectivity index (χ1) is 10.0. The molecule has 0 atom stereocenters. The summed E-state index contributed by atoms with van der Waals surface area (Å²) in [4.78, 5) is 23.5. The Morgan fingerprint density at radius 2 is 2.19 bits per heavy atom. The monoisotopic (exact) mass is 291 g/mol. The molecule has 2 rings (SSSR count). The Morgan fingerprint density at radius 1 is 1.43 bits per heavy atom. The van der Waals surface area contributed by atoms with E-state index in [2.05, 4.69) is 20.9 Å². The molecule has 0 spiro atoms. The first-order valence-corrected chi connectivity index (χ1v) is 6.54. The normalized spacial score (nSPS) is 10.4. The van der Waals surface area contributed by atoms with Gasteiger partial charge < -0.3 is 15.2 Å². The number of carbonyl (C=O) groups excluding carboxylic acids is 2. The average Bonchev–Trinajstić information content (AvgIpc) is 3.05. The van der Waals surface area contributed by atoms with E-state index < -0.39 is 0 Å². The van der Waals surface area contributed by atoms with Crippen molar-refractivity contribution < 1.29 is 14.1 Å². The van der Waals surface area contributed by atoms with Crippen molar-refractivity contribution in [1.29, 1.82) is 0 Å². The molecule has 0 saturated heterocycles. The smallest absolute Gasteiger partial charge is 0.261 e. The van der Waals surface area contributed by atoms with Gasteiger partial charge >= 0.3 is 0 Å². The van der Waals surface area contributed by atoms with Crippen LogP contribution in [0.3, 0.4) is 0 Å². The van der Waals surface area contributed by atoms with E-state index in [9.17, 15) is 9.59 Å². The number of hydrogen-bond acceptors (Lipinski definition) is 5. The highest BCUT2D eigenvalue weighted by molar-refractivity contribution is 6.05. The van der Waals surface area contributed by atoms with Crippen molar-refractivity contribution in [2.75, 3.05) is 12.4 Å². The zero-order chi connectivity index (χ0) is 15.4. The summed E-state index contributed by atoms with van der Waals surface area (Å²) in [5.74, 6) is 0.00585. The third-order valence-electron chi connectivity index (χ3n) is 2.97. The van der Waals surface area contributed by atoms with Crippen molar-refractivity contribution in [3.63, 3.8) is 0 Å². The van der Waals surface area contributed by atoms with Gasteiger partial charge in [0.05, 0.1) is 17.6 Å². The van der Waals surface area contributed by atoms with Gasteiger partial charge in [-0.3, -0.25) is 14.3 Å². The zero-order valence-electron chi connectivity index (χ0n) is 12.1. The van der Waals surface area contributed by atoms with Crippen LogP contribution in [0.4, 0.5) is 5.69 Å². The third-order valence-corrected chi connectivity index (χ3v) is 2.97. The van der Waals surface area contributed by atoms with Gasteiger partial charge in [0.2, 0.25) is 5.91 Å². The molecule has 0 unspecified atom stereocenters. The number of rotatable bonds is 5. The van der Waals surface area contributed by atoms with Crippen LogP contribution in [-0.2, 0) is 17.8 Å². The van der Waals surface area contributed by atoms with Crippen molar-refractivity contribution in [2.24, 2.45) is 0 Å². The van der Waals surface area contributed by atoms with E-state index in [-0.39, 0.29) is 18.4 Å². The molecule has 2 aromatic heterocycles. The van der Waals surface area contributed by atoms with Gasteiger partial charge in [0.15, 0.2) is 0 Å². The molecule has 0 bridgehead atoms. The molecule has 2 aromatic rings. The van der Waals surface area contributed by atoms with Crippen LogP contribution in [0, 0.1) is 6.92 Å². The van der Waals surface area contributed by atoms with Crippen molar-refractivity contribution in [3.05, 3.63) is 29.4 Å². The topological polar surface area (TPSA) is 102 Å². The van der Waals surface area contributed by atoms with Crippen molar-refractivity contribution >= 4 is 17.5 Å². The van der Waals surface area contributed by atoms with Gasteiger partial charge in [-0.25, -0.2) is 0 Å². The van der Waals surface area contributed by atoms with E-state index in [1.165, 1.54) is 10.9 Å². The fourth-order valence-corrected chi connectivity index (χ4v) is 1.88. The van der Waals surface area contributed by atoms with Gasteiger partial charge in [-0.2, -0.15) is 5.10 Å². The Labute approximate surface area is 121 Å². The van der Waals surface area contributed by atoms with E-state index in [4.69, 9.17) is 4.52 Å². The maximum absolute atomic E-state index is 12.2. The lowest BCUT2D eigenvalue weighted by Crippen LogP contribution is -2.23. The Morgan fingerprint density at radius 3 is 2.86 bits per heavy atom. The number of amides is 2. The lowest BCUT2D eigenvalue weighted by atomic mass is 10.1. The maximum atomic E-state index is 12.2. The fraction of sp³-hybridized carbons (Fsp3) is 0.385. The second-order valence-electron chi connectivity index (χ2n) is 4.47. The average molecular weight is 291 g/mol. The Hall–Kier alpha value is -2.64. The van der Waals surface area contributed by atoms with Gasteiger partial charge in [-0.05, 0) is 13.3 Å². The lowest BCUT2D eigenvalue weighted by molar-refractivity contribution is -0.121. The molecule has 8 heteroatoms. The molecule has 0 radical (unpaired) electrons. The summed E-state index contributed by atoms with van der Waals surface area (Å²) in [6.07, 6.45) is 3.67. The summed E-state index contributed by atoms with van der Waals surface area (Å²) < 4.78 is 6.47. The number of aryl methyl sites for hydroxylation is 2. The molecule has 21 heavy (non-hydrogen) atoms. The number of nitrogens with one attached hydrogen (secondary N) is 2. The summed E-state index contributed by atoms with van der Waals surface area (Å²) in [5, 5.41) is 13.1. The van der Waals surface area contributed by atoms with E-state index in [0.29, 0.717) is 29.1 Å². The van der Waals surface area contributed by atoms with E-state index in [1.54, 1.807) is 20.2 Å². The standard InChI is InChI=1S/C13H17N5O3/c1-4-10-12(8(2)21-17-10)13(20)16-9-5-15-18(6-9)7-11(19)14-3/h5-6H,4,7H2,1-3H3,(H,14,19)(H,16,20). The van der Waals surface area contributed by atoms with E-state index >= 15 is 0 Å². The quantitative estimate of drug-likeness (QED) is 0.846. The molecule has 8 nitrogen and oxygen atoms in total. The maximum Gasteiger partial charge on any atom is 0.261 e. The van der Waals surface area contributed by atoms with Gasteiger partial charge in [-0.15, -0.1) is 0 Å². The van der Waals surface area contributed by atoms with Gasteiger partial charge in [0, 0.05) is 13.2 Å². The van der Waals surface area contributed by atoms with Gasteiger partial charge in [-0.1, -0.05) is 12.1 Å². The molecule has 2 heterocycles. The molecule has 0 saturated carbocycles. The van der Waals surface area contributed by atoms with Crippen molar-refractivity contribution in [1.82, 2.24) is 20.3 Å². The van der Waals surface area contributed by atoms with Crippen LogP contribution in [0.2, 0.25) is 0 Å². The molecular formula is C13H17N5O3.